The zero-order valence-electron chi connectivity index (χ0n) is 35.8. The number of fused-ring (bicyclic) bond motifs is 6. The Morgan fingerprint density at radius 1 is 0.734 bits per heavy atom. The highest BCUT2D eigenvalue weighted by atomic mass is 32.2. The van der Waals surface area contributed by atoms with Gasteiger partial charge in [-0.05, 0) is 109 Å². The molecule has 0 unspecified atom stereocenters. The molecule has 64 heavy (non-hydrogen) atoms. The predicted molar refractivity (Wildman–Crippen MR) is 239 cm³/mol. The van der Waals surface area contributed by atoms with Crippen molar-refractivity contribution >= 4 is 86.8 Å². The molecule has 0 bridgehead atoms. The molecule has 0 saturated carbocycles. The van der Waals surface area contributed by atoms with E-state index in [9.17, 15) is 53.3 Å². The molecule has 340 valence electrons. The first-order valence-electron chi connectivity index (χ1n) is 20.8. The first kappa shape index (κ1) is 46.7. The molecule has 0 spiro atoms. The van der Waals surface area contributed by atoms with Crippen LogP contribution in [-0.4, -0.2) is 90.9 Å². The van der Waals surface area contributed by atoms with Crippen molar-refractivity contribution in [2.24, 2.45) is 0 Å². The van der Waals surface area contributed by atoms with Gasteiger partial charge in [-0.3, -0.25) is 23.2 Å². The van der Waals surface area contributed by atoms with Crippen LogP contribution in [0.3, 0.4) is 0 Å². The van der Waals surface area contributed by atoms with E-state index < -0.39 is 64.7 Å². The van der Waals surface area contributed by atoms with Crippen molar-refractivity contribution in [2.75, 3.05) is 23.7 Å². The Morgan fingerprint density at radius 2 is 1.33 bits per heavy atom. The van der Waals surface area contributed by atoms with E-state index in [1.165, 1.54) is 24.3 Å². The van der Waals surface area contributed by atoms with Gasteiger partial charge in [0, 0.05) is 66.7 Å². The highest BCUT2D eigenvalue weighted by molar-refractivity contribution is 7.86. The molecule has 3 heterocycles. The molecule has 3 aliphatic rings. The minimum absolute atomic E-state index is 0.00432. The van der Waals surface area contributed by atoms with Gasteiger partial charge in [-0.1, -0.05) is 38.1 Å². The Morgan fingerprint density at radius 3 is 1.92 bits per heavy atom. The molecule has 1 saturated heterocycles. The van der Waals surface area contributed by atoms with E-state index in [2.05, 4.69) is 23.3 Å². The minimum Gasteiger partial charge on any atom is -0.344 e. The predicted octanol–water partition coefficient (Wildman–Crippen LogP) is 6.94. The van der Waals surface area contributed by atoms with E-state index in [4.69, 9.17) is 4.84 Å². The molecule has 0 atom stereocenters. The van der Waals surface area contributed by atoms with Crippen LogP contribution in [-0.2, 0) is 60.4 Å². The number of carbonyl (C=O) groups excluding carboxylic acids is 3. The average Bonchev–Trinajstić information content (AvgIpc) is 3.72. The lowest BCUT2D eigenvalue weighted by atomic mass is 9.79. The van der Waals surface area contributed by atoms with Crippen LogP contribution < -0.4 is 4.90 Å². The van der Waals surface area contributed by atoms with Gasteiger partial charge in [0.25, 0.3) is 42.2 Å². The maximum absolute atomic E-state index is 12.5. The number of hydrogen-bond acceptors (Lipinski definition) is 11. The topological polar surface area (TPSA) is 233 Å². The molecule has 1 fully saturated rings. The molecule has 0 aliphatic carbocycles. The molecule has 4 aromatic carbocycles. The van der Waals surface area contributed by atoms with Gasteiger partial charge in [0.2, 0.25) is 5.69 Å². The summed E-state index contributed by atoms with van der Waals surface area (Å²) in [6.45, 7) is 9.13. The molecule has 16 nitrogen and oxygen atoms in total. The van der Waals surface area contributed by atoms with Crippen molar-refractivity contribution in [1.82, 2.24) is 5.06 Å². The molecule has 19 heteroatoms. The minimum atomic E-state index is -4.46. The fraction of sp³-hybridized carbons (Fsp3) is 0.378. The Labute approximate surface area is 372 Å². The number of unbranched alkanes of at least 4 members (excludes halogenated alkanes) is 3. The van der Waals surface area contributed by atoms with Gasteiger partial charge in [0.15, 0.2) is 5.71 Å². The van der Waals surface area contributed by atoms with Gasteiger partial charge in [-0.25, -0.2) is 4.79 Å². The molecule has 3 aliphatic heterocycles. The SMILES string of the molecule is CC1(C)C(=CC=CC2=[N+](CCCCCC(=O)ON3C(=O)CCC3=O)c3ccc4cc(S(=O)(=O)O)ccc4c3C2(C)C)N(CCCCS(=O)(=O)O)c2ccc3cc(S(=O)(=O)O)ccc3c21. The van der Waals surface area contributed by atoms with E-state index in [-0.39, 0.29) is 35.5 Å². The first-order chi connectivity index (χ1) is 29.9. The van der Waals surface area contributed by atoms with E-state index >= 15 is 0 Å². The Bertz CT molecular complexity index is 3050. The highest BCUT2D eigenvalue weighted by Gasteiger charge is 2.46. The second-order valence-electron chi connectivity index (χ2n) is 17.3. The highest BCUT2D eigenvalue weighted by Crippen LogP contribution is 2.51. The summed E-state index contributed by atoms with van der Waals surface area (Å²) in [7, 11) is -13.1. The summed E-state index contributed by atoms with van der Waals surface area (Å²) in [5, 5.41) is 3.33. The van der Waals surface area contributed by atoms with Crippen LogP contribution in [0.5, 0.6) is 0 Å². The number of hydroxylamine groups is 2. The summed E-state index contributed by atoms with van der Waals surface area (Å²) in [6, 6.07) is 16.3. The summed E-state index contributed by atoms with van der Waals surface area (Å²) in [5.41, 5.74) is 4.03. The van der Waals surface area contributed by atoms with Gasteiger partial charge in [-0.15, -0.1) is 5.06 Å². The standard InChI is InChI=1S/C45H49N3O13S3/c1-44(2)37(11-10-12-38-45(3,4)43-34-19-17-32(64(58,59)60)28-30(34)15-21-36(43)47(38)25-8-9-26-62(52,53)54)46(24-7-5-6-13-41(51)61-48-39(49)22-23-40(48)50)35-20-14-29-27-31(63(55,56)57)16-18-33(29)42(35)44/h10-12,14-21,27-28H,5-9,13,22-26H2,1-4H3,(H2-,52,53,54,55,56,57,58,59,60)/p+1. The fourth-order valence-electron chi connectivity index (χ4n) is 9.25. The normalized spacial score (nSPS) is 18.0. The zero-order chi connectivity index (χ0) is 46.6. The van der Waals surface area contributed by atoms with Crippen LogP contribution >= 0.6 is 0 Å². The van der Waals surface area contributed by atoms with Crippen molar-refractivity contribution in [3.63, 3.8) is 0 Å². The second-order valence-corrected chi connectivity index (χ2v) is 21.7. The number of hydrogen-bond donors (Lipinski definition) is 3. The lowest BCUT2D eigenvalue weighted by Gasteiger charge is -2.27. The van der Waals surface area contributed by atoms with Gasteiger partial charge < -0.3 is 9.74 Å². The van der Waals surface area contributed by atoms with E-state index in [1.54, 1.807) is 24.3 Å². The fourth-order valence-corrected chi connectivity index (χ4v) is 10.9. The molecule has 0 radical (unpaired) electrons. The van der Waals surface area contributed by atoms with Crippen molar-refractivity contribution in [1.29, 1.82) is 0 Å². The Hall–Kier alpha value is -5.31. The lowest BCUT2D eigenvalue weighted by molar-refractivity contribution is -0.438. The summed E-state index contributed by atoms with van der Waals surface area (Å²) >= 11 is 0. The average molecular weight is 937 g/mol. The van der Waals surface area contributed by atoms with Crippen LogP contribution in [0, 0.1) is 0 Å². The molecular weight excluding hydrogens is 887 g/mol. The molecular formula is C45H50N3O13S3+. The molecule has 3 N–H and O–H groups in total. The molecule has 0 aromatic heterocycles. The smallest absolute Gasteiger partial charge is 0.333 e. The van der Waals surface area contributed by atoms with Gasteiger partial charge in [-0.2, -0.15) is 29.8 Å². The zero-order valence-corrected chi connectivity index (χ0v) is 38.2. The maximum atomic E-state index is 12.5. The number of allylic oxidation sites excluding steroid dienone is 4. The van der Waals surface area contributed by atoms with Gasteiger partial charge >= 0.3 is 5.97 Å². The summed E-state index contributed by atoms with van der Waals surface area (Å²) in [4.78, 5) is 43.0. The number of anilines is 1. The third-order valence-electron chi connectivity index (χ3n) is 12.2. The molecule has 4 aromatic rings. The number of rotatable bonds is 16. The quantitative estimate of drug-likeness (QED) is 0.0447. The number of amides is 2. The van der Waals surface area contributed by atoms with E-state index in [1.807, 2.05) is 44.2 Å². The summed E-state index contributed by atoms with van der Waals surface area (Å²) in [6.07, 6.45) is 8.26. The Kier molecular flexibility index (Phi) is 12.6. The molecule has 7 rings (SSSR count). The maximum Gasteiger partial charge on any atom is 0.333 e. The van der Waals surface area contributed by atoms with Crippen LogP contribution in [0.1, 0.15) is 90.2 Å². The monoisotopic (exact) mass is 936 g/mol. The largest absolute Gasteiger partial charge is 0.344 e. The summed E-state index contributed by atoms with van der Waals surface area (Å²) < 4.78 is 102. The van der Waals surface area contributed by atoms with E-state index in [0.29, 0.717) is 54.6 Å². The van der Waals surface area contributed by atoms with Crippen molar-refractivity contribution in [2.45, 2.75) is 99.7 Å². The third kappa shape index (κ3) is 9.27. The second kappa shape index (κ2) is 17.2. The number of nitrogens with zero attached hydrogens (tertiary/aromatic N) is 3. The van der Waals surface area contributed by atoms with E-state index in [0.717, 1.165) is 44.7 Å². The van der Waals surface area contributed by atoms with Crippen LogP contribution in [0.25, 0.3) is 21.5 Å². The van der Waals surface area contributed by atoms with Crippen molar-refractivity contribution in [3.05, 3.63) is 95.7 Å². The van der Waals surface area contributed by atoms with Crippen molar-refractivity contribution in [3.8, 4) is 0 Å². The van der Waals surface area contributed by atoms with Crippen LogP contribution in [0.4, 0.5) is 11.4 Å². The molecule has 2 amide bonds. The first-order valence-corrected chi connectivity index (χ1v) is 25.3. The Balaban J connectivity index is 1.24. The van der Waals surface area contributed by atoms with Gasteiger partial charge in [0.05, 0.1) is 21.0 Å². The van der Waals surface area contributed by atoms with Gasteiger partial charge in [0.1, 0.15) is 6.54 Å². The van der Waals surface area contributed by atoms with Crippen LogP contribution in [0.2, 0.25) is 0 Å². The number of benzene rings is 4. The lowest BCUT2D eigenvalue weighted by Crippen LogP contribution is -2.31. The third-order valence-corrected chi connectivity index (χ3v) is 14.7. The van der Waals surface area contributed by atoms with Crippen molar-refractivity contribution < 1.29 is 62.7 Å². The summed E-state index contributed by atoms with van der Waals surface area (Å²) in [5.74, 6) is -2.16. The van der Waals surface area contributed by atoms with Crippen LogP contribution in [0.15, 0.2) is 94.4 Å². The number of carbonyl (C=O) groups is 3. The number of imide groups is 1.